The number of ether oxygens (including phenoxy) is 12. The van der Waals surface area contributed by atoms with E-state index in [1.807, 2.05) is 12.1 Å². The standard InChI is InChI=1S/C39H63NO13/c1-4-11-40-32-7-9-38-35-30-5-6-33(52-29-50-15-13-43-3)36(35)53-37(38)34(8-10-39(38,41)31(32)28-30)51-27-26-49-25-24-48-23-22-47-21-20-46-19-18-45-17-16-44-14-12-42-2/h4-6,31-32,34,37,40-41H,1,7-29H2,2-3H3/t31-,32?,34-,37-,38-,39+/m0/s1. The van der Waals surface area contributed by atoms with Crippen LogP contribution in [0.5, 0.6) is 11.5 Å². The summed E-state index contributed by atoms with van der Waals surface area (Å²) in [5.74, 6) is 1.41. The number of aliphatic hydroxyl groups is 1. The van der Waals surface area contributed by atoms with E-state index in [1.165, 1.54) is 5.56 Å². The lowest BCUT2D eigenvalue weighted by Crippen LogP contribution is -2.74. The molecule has 1 aromatic carbocycles. The van der Waals surface area contributed by atoms with Crippen LogP contribution in [0.1, 0.15) is 36.8 Å². The van der Waals surface area contributed by atoms with Gasteiger partial charge in [-0.25, -0.2) is 0 Å². The van der Waals surface area contributed by atoms with Crippen LogP contribution in [-0.2, 0) is 59.2 Å². The third-order valence-electron chi connectivity index (χ3n) is 10.8. The molecule has 3 aliphatic carbocycles. The summed E-state index contributed by atoms with van der Waals surface area (Å²) < 4.78 is 68.4. The van der Waals surface area contributed by atoms with Crippen molar-refractivity contribution in [3.05, 3.63) is 35.9 Å². The third-order valence-corrected chi connectivity index (χ3v) is 10.8. The summed E-state index contributed by atoms with van der Waals surface area (Å²) in [5, 5.41) is 16.4. The normalized spacial score (nSPS) is 26.7. The Hall–Kier alpha value is -1.92. The Morgan fingerprint density at radius 3 is 1.91 bits per heavy atom. The van der Waals surface area contributed by atoms with Gasteiger partial charge < -0.3 is 67.3 Å². The maximum atomic E-state index is 12.8. The Morgan fingerprint density at radius 1 is 0.755 bits per heavy atom. The maximum absolute atomic E-state index is 12.8. The largest absolute Gasteiger partial charge is 0.482 e. The highest BCUT2D eigenvalue weighted by molar-refractivity contribution is 5.62. The molecule has 14 nitrogen and oxygen atoms in total. The summed E-state index contributed by atoms with van der Waals surface area (Å²) in [5.41, 5.74) is 0.802. The van der Waals surface area contributed by atoms with Gasteiger partial charge in [-0.1, -0.05) is 12.1 Å². The molecule has 0 saturated heterocycles. The number of hydrogen-bond donors (Lipinski definition) is 2. The second-order valence-corrected chi connectivity index (χ2v) is 13.8. The van der Waals surface area contributed by atoms with Crippen molar-refractivity contribution < 1.29 is 61.9 Å². The average Bonchev–Trinajstić information content (AvgIpc) is 3.52. The molecule has 0 radical (unpaired) electrons. The smallest absolute Gasteiger partial charge is 0.189 e. The van der Waals surface area contributed by atoms with Crippen molar-refractivity contribution in [2.24, 2.45) is 5.92 Å². The van der Waals surface area contributed by atoms with E-state index < -0.39 is 11.0 Å². The van der Waals surface area contributed by atoms with Gasteiger partial charge >= 0.3 is 0 Å². The quantitative estimate of drug-likeness (QED) is 0.0651. The minimum Gasteiger partial charge on any atom is -0.482 e. The van der Waals surface area contributed by atoms with Gasteiger partial charge in [0.25, 0.3) is 0 Å². The molecular formula is C39H63NO13. The van der Waals surface area contributed by atoms with Gasteiger partial charge in [-0.15, -0.1) is 6.58 Å². The minimum atomic E-state index is -0.930. The van der Waals surface area contributed by atoms with Crippen LogP contribution in [0.2, 0.25) is 0 Å². The van der Waals surface area contributed by atoms with Crippen LogP contribution in [-0.4, -0.2) is 162 Å². The van der Waals surface area contributed by atoms with Gasteiger partial charge in [0.1, 0.15) is 6.10 Å². The second kappa shape index (κ2) is 22.6. The zero-order valence-corrected chi connectivity index (χ0v) is 31.9. The molecule has 2 fully saturated rings. The van der Waals surface area contributed by atoms with Gasteiger partial charge in [0.05, 0.1) is 123 Å². The summed E-state index contributed by atoms with van der Waals surface area (Å²) in [6.07, 6.45) is 5.19. The van der Waals surface area contributed by atoms with E-state index in [1.54, 1.807) is 14.2 Å². The van der Waals surface area contributed by atoms with E-state index in [9.17, 15) is 5.11 Å². The second-order valence-electron chi connectivity index (χ2n) is 13.8. The molecule has 1 aliphatic heterocycles. The highest BCUT2D eigenvalue weighted by Gasteiger charge is 2.73. The minimum absolute atomic E-state index is 0.0563. The molecule has 302 valence electrons. The van der Waals surface area contributed by atoms with Gasteiger partial charge in [0, 0.05) is 38.3 Å². The lowest BCUT2D eigenvalue weighted by Gasteiger charge is -2.63. The van der Waals surface area contributed by atoms with Crippen molar-refractivity contribution >= 4 is 0 Å². The SMILES string of the molecule is C=CCNC1CC[C@]23c4c5ccc(OCOCCOC)c4O[C@H]2[C@@H](OCCOCCOCCOCCOCCOCCOCCOC)CC[C@@]3(O)[C@H]1C5. The Morgan fingerprint density at radius 2 is 1.32 bits per heavy atom. The molecule has 6 atom stereocenters. The highest BCUT2D eigenvalue weighted by atomic mass is 16.7. The van der Waals surface area contributed by atoms with E-state index in [0.29, 0.717) is 131 Å². The lowest BCUT2D eigenvalue weighted by molar-refractivity contribution is -0.211. The van der Waals surface area contributed by atoms with Gasteiger partial charge in [-0.05, 0) is 43.7 Å². The molecule has 2 N–H and O–H groups in total. The van der Waals surface area contributed by atoms with Gasteiger partial charge in [0.15, 0.2) is 18.3 Å². The molecule has 1 spiro atoms. The van der Waals surface area contributed by atoms with E-state index >= 15 is 0 Å². The Labute approximate surface area is 314 Å². The monoisotopic (exact) mass is 753 g/mol. The predicted octanol–water partition coefficient (Wildman–Crippen LogP) is 2.45. The van der Waals surface area contributed by atoms with Crippen LogP contribution < -0.4 is 14.8 Å². The number of nitrogens with one attached hydrogen (secondary N) is 1. The summed E-state index contributed by atoms with van der Waals surface area (Å²) in [6.45, 7) is 12.7. The first-order chi connectivity index (χ1) is 26.1. The van der Waals surface area contributed by atoms with Crippen molar-refractivity contribution in [2.75, 3.05) is 133 Å². The molecule has 4 aliphatic rings. The van der Waals surface area contributed by atoms with E-state index in [-0.39, 0.29) is 31.0 Å². The molecule has 14 heteroatoms. The van der Waals surface area contributed by atoms with Crippen molar-refractivity contribution in [2.45, 2.75) is 61.4 Å². The molecule has 0 aromatic heterocycles. The molecule has 2 saturated carbocycles. The van der Waals surface area contributed by atoms with E-state index in [2.05, 4.69) is 18.0 Å². The van der Waals surface area contributed by atoms with Crippen LogP contribution in [0.3, 0.4) is 0 Å². The summed E-state index contributed by atoms with van der Waals surface area (Å²) in [4.78, 5) is 0. The molecule has 1 unspecified atom stereocenters. The maximum Gasteiger partial charge on any atom is 0.189 e. The fourth-order valence-electron chi connectivity index (χ4n) is 8.48. The van der Waals surface area contributed by atoms with Crippen LogP contribution >= 0.6 is 0 Å². The fourth-order valence-corrected chi connectivity index (χ4v) is 8.48. The predicted molar refractivity (Wildman–Crippen MR) is 195 cm³/mol. The van der Waals surface area contributed by atoms with Crippen LogP contribution in [0.25, 0.3) is 0 Å². The molecule has 1 heterocycles. The molecular weight excluding hydrogens is 690 g/mol. The highest BCUT2D eigenvalue weighted by Crippen LogP contribution is 2.67. The summed E-state index contributed by atoms with van der Waals surface area (Å²) in [6, 6.07) is 4.31. The van der Waals surface area contributed by atoms with E-state index in [4.69, 9.17) is 56.8 Å². The van der Waals surface area contributed by atoms with Crippen molar-refractivity contribution in [1.82, 2.24) is 5.32 Å². The molecule has 0 amide bonds. The van der Waals surface area contributed by atoms with Crippen molar-refractivity contribution in [3.63, 3.8) is 0 Å². The zero-order valence-electron chi connectivity index (χ0n) is 31.9. The number of methoxy groups -OCH3 is 2. The summed E-state index contributed by atoms with van der Waals surface area (Å²) >= 11 is 0. The number of rotatable bonds is 31. The molecule has 5 rings (SSSR count). The van der Waals surface area contributed by atoms with E-state index in [0.717, 1.165) is 30.6 Å². The molecule has 53 heavy (non-hydrogen) atoms. The van der Waals surface area contributed by atoms with Gasteiger partial charge in [-0.2, -0.15) is 0 Å². The topological polar surface area (TPSA) is 143 Å². The lowest BCUT2D eigenvalue weighted by atomic mass is 9.44. The van der Waals surface area contributed by atoms with Crippen LogP contribution in [0, 0.1) is 5.92 Å². The van der Waals surface area contributed by atoms with Crippen LogP contribution in [0.4, 0.5) is 0 Å². The molecule has 2 bridgehead atoms. The first kappa shape index (κ1) is 42.2. The Kier molecular flexibility index (Phi) is 18.0. The zero-order chi connectivity index (χ0) is 37.2. The van der Waals surface area contributed by atoms with Gasteiger partial charge in [0.2, 0.25) is 0 Å². The van der Waals surface area contributed by atoms with Crippen LogP contribution in [0.15, 0.2) is 24.8 Å². The van der Waals surface area contributed by atoms with Crippen molar-refractivity contribution in [3.8, 4) is 11.5 Å². The summed E-state index contributed by atoms with van der Waals surface area (Å²) in [7, 11) is 3.29. The fraction of sp³-hybridized carbons (Fsp3) is 0.795. The average molecular weight is 754 g/mol. The van der Waals surface area contributed by atoms with Gasteiger partial charge in [-0.3, -0.25) is 0 Å². The third kappa shape index (κ3) is 10.7. The molecule has 1 aromatic rings. The number of benzene rings is 1. The Bertz CT molecular complexity index is 1210. The van der Waals surface area contributed by atoms with Crippen molar-refractivity contribution in [1.29, 1.82) is 0 Å². The Balaban J connectivity index is 1.01. The first-order valence-corrected chi connectivity index (χ1v) is 19.3. The number of hydrogen-bond acceptors (Lipinski definition) is 14. The first-order valence-electron chi connectivity index (χ1n) is 19.3.